The van der Waals surface area contributed by atoms with Gasteiger partial charge in [0, 0.05) is 26.2 Å². The summed E-state index contributed by atoms with van der Waals surface area (Å²) in [6.07, 6.45) is 4.90. The van der Waals surface area contributed by atoms with Crippen molar-refractivity contribution in [3.8, 4) is 0 Å². The molecule has 0 radical (unpaired) electrons. The van der Waals surface area contributed by atoms with Crippen LogP contribution in [0.2, 0.25) is 0 Å². The third kappa shape index (κ3) is 2.92. The second-order valence-corrected chi connectivity index (χ2v) is 5.07. The van der Waals surface area contributed by atoms with E-state index >= 15 is 0 Å². The normalized spacial score (nSPS) is 29.2. The van der Waals surface area contributed by atoms with Crippen molar-refractivity contribution in [1.82, 2.24) is 14.7 Å². The molecule has 0 aromatic heterocycles. The fourth-order valence-corrected chi connectivity index (χ4v) is 2.72. The van der Waals surface area contributed by atoms with Crippen molar-refractivity contribution in [2.45, 2.75) is 32.4 Å². The molecule has 0 spiro atoms. The molecule has 0 aromatic carbocycles. The zero-order valence-corrected chi connectivity index (χ0v) is 10.3. The average Bonchev–Trinajstić information content (AvgIpc) is 2.30. The smallest absolute Gasteiger partial charge is 0.0594 e. The number of likely N-dealkylation sites (N-methyl/N-ethyl adjacent to an activating group) is 1. The van der Waals surface area contributed by atoms with E-state index in [4.69, 9.17) is 0 Å². The van der Waals surface area contributed by atoms with E-state index in [1.807, 2.05) is 0 Å². The van der Waals surface area contributed by atoms with Crippen molar-refractivity contribution >= 4 is 0 Å². The molecule has 2 fully saturated rings. The Bertz CT molecular complexity index is 181. The number of piperidine rings is 1. The highest BCUT2D eigenvalue weighted by atomic mass is 15.4. The maximum Gasteiger partial charge on any atom is 0.0594 e. The Morgan fingerprint density at radius 2 is 1.27 bits per heavy atom. The second-order valence-electron chi connectivity index (χ2n) is 5.07. The average molecular weight is 211 g/mol. The molecule has 0 aromatic rings. The molecule has 2 aliphatic heterocycles. The summed E-state index contributed by atoms with van der Waals surface area (Å²) in [4.78, 5) is 7.74. The highest BCUT2D eigenvalue weighted by Gasteiger charge is 2.24. The van der Waals surface area contributed by atoms with E-state index in [-0.39, 0.29) is 0 Å². The lowest BCUT2D eigenvalue weighted by Crippen LogP contribution is -2.54. The molecule has 0 bridgehead atoms. The Labute approximate surface area is 94.0 Å². The molecule has 88 valence electrons. The third-order valence-corrected chi connectivity index (χ3v) is 3.99. The predicted molar refractivity (Wildman–Crippen MR) is 64.0 cm³/mol. The summed E-state index contributed by atoms with van der Waals surface area (Å²) < 4.78 is 0. The van der Waals surface area contributed by atoms with Crippen LogP contribution >= 0.6 is 0 Å². The van der Waals surface area contributed by atoms with Gasteiger partial charge in [0.25, 0.3) is 0 Å². The number of hydrogen-bond acceptors (Lipinski definition) is 3. The van der Waals surface area contributed by atoms with E-state index < -0.39 is 0 Å². The summed E-state index contributed by atoms with van der Waals surface area (Å²) >= 11 is 0. The summed E-state index contributed by atoms with van der Waals surface area (Å²) in [6, 6.07) is 0. The summed E-state index contributed by atoms with van der Waals surface area (Å²) in [5.74, 6) is 0. The van der Waals surface area contributed by atoms with Gasteiger partial charge in [-0.1, -0.05) is 6.42 Å². The molecule has 0 N–H and O–H groups in total. The van der Waals surface area contributed by atoms with Crippen LogP contribution in [0.1, 0.15) is 26.2 Å². The first kappa shape index (κ1) is 11.4. The van der Waals surface area contributed by atoms with Gasteiger partial charge in [-0.2, -0.15) is 0 Å². The van der Waals surface area contributed by atoms with Crippen LogP contribution in [0.3, 0.4) is 0 Å². The van der Waals surface area contributed by atoms with Crippen LogP contribution in [0.4, 0.5) is 0 Å². The number of nitrogens with zero attached hydrogens (tertiary/aromatic N) is 3. The lowest BCUT2D eigenvalue weighted by molar-refractivity contribution is 0.0136. The molecule has 3 heteroatoms. The Hall–Kier alpha value is -0.120. The number of likely N-dealkylation sites (tertiary alicyclic amines) is 1. The number of piperazine rings is 1. The van der Waals surface area contributed by atoms with E-state index in [0.717, 1.165) is 0 Å². The van der Waals surface area contributed by atoms with Crippen molar-refractivity contribution in [3.05, 3.63) is 0 Å². The first-order valence-corrected chi connectivity index (χ1v) is 6.44. The molecule has 15 heavy (non-hydrogen) atoms. The van der Waals surface area contributed by atoms with Crippen LogP contribution in [0.25, 0.3) is 0 Å². The minimum absolute atomic E-state index is 0.666. The molecule has 2 saturated heterocycles. The van der Waals surface area contributed by atoms with E-state index in [1.165, 1.54) is 58.5 Å². The van der Waals surface area contributed by atoms with Crippen LogP contribution in [0, 0.1) is 0 Å². The topological polar surface area (TPSA) is 9.72 Å². The van der Waals surface area contributed by atoms with Crippen molar-refractivity contribution in [2.24, 2.45) is 0 Å². The van der Waals surface area contributed by atoms with Crippen molar-refractivity contribution < 1.29 is 0 Å². The van der Waals surface area contributed by atoms with Gasteiger partial charge in [-0.05, 0) is 39.9 Å². The van der Waals surface area contributed by atoms with Crippen LogP contribution in [0.15, 0.2) is 0 Å². The standard InChI is InChI=1S/C12H25N3/c1-12(14-6-4-3-5-7-14)15-10-8-13(2)9-11-15/h12H,3-11H2,1-2H3. The van der Waals surface area contributed by atoms with Crippen LogP contribution in [-0.2, 0) is 0 Å². The van der Waals surface area contributed by atoms with Crippen LogP contribution in [-0.4, -0.2) is 67.2 Å². The zero-order chi connectivity index (χ0) is 10.7. The molecule has 0 amide bonds. The quantitative estimate of drug-likeness (QED) is 0.676. The van der Waals surface area contributed by atoms with Gasteiger partial charge in [0.1, 0.15) is 0 Å². The molecule has 3 nitrogen and oxygen atoms in total. The maximum atomic E-state index is 2.66. The maximum absolute atomic E-state index is 2.66. The molecule has 2 heterocycles. The lowest BCUT2D eigenvalue weighted by Gasteiger charge is -2.42. The van der Waals surface area contributed by atoms with E-state index in [1.54, 1.807) is 0 Å². The summed E-state index contributed by atoms with van der Waals surface area (Å²) in [7, 11) is 2.23. The highest BCUT2D eigenvalue weighted by molar-refractivity contribution is 4.77. The van der Waals surface area contributed by atoms with Gasteiger partial charge >= 0.3 is 0 Å². The van der Waals surface area contributed by atoms with Gasteiger partial charge in [-0.3, -0.25) is 9.80 Å². The van der Waals surface area contributed by atoms with Gasteiger partial charge in [0.15, 0.2) is 0 Å². The second kappa shape index (κ2) is 5.28. The van der Waals surface area contributed by atoms with Crippen molar-refractivity contribution in [3.63, 3.8) is 0 Å². The molecule has 0 aliphatic carbocycles. The molecule has 2 rings (SSSR count). The highest BCUT2D eigenvalue weighted by Crippen LogP contribution is 2.15. The Morgan fingerprint density at radius 1 is 0.733 bits per heavy atom. The first-order chi connectivity index (χ1) is 7.27. The number of hydrogen-bond donors (Lipinski definition) is 0. The van der Waals surface area contributed by atoms with E-state index in [9.17, 15) is 0 Å². The SMILES string of the molecule is CC(N1CCCCC1)N1CCN(C)CC1. The van der Waals surface area contributed by atoms with Crippen molar-refractivity contribution in [2.75, 3.05) is 46.3 Å². The fourth-order valence-electron chi connectivity index (χ4n) is 2.72. The Kier molecular flexibility index (Phi) is 4.00. The minimum atomic E-state index is 0.666. The minimum Gasteiger partial charge on any atom is -0.304 e. The van der Waals surface area contributed by atoms with Gasteiger partial charge in [0.05, 0.1) is 6.17 Å². The first-order valence-electron chi connectivity index (χ1n) is 6.44. The summed E-state index contributed by atoms with van der Waals surface area (Å²) in [6.45, 7) is 9.97. The largest absolute Gasteiger partial charge is 0.304 e. The Balaban J connectivity index is 1.81. The third-order valence-electron chi connectivity index (χ3n) is 3.99. The fraction of sp³-hybridized carbons (Fsp3) is 1.00. The molecule has 1 unspecified atom stereocenters. The predicted octanol–water partition coefficient (Wildman–Crippen LogP) is 1.07. The van der Waals surface area contributed by atoms with Gasteiger partial charge in [0.2, 0.25) is 0 Å². The van der Waals surface area contributed by atoms with E-state index in [0.29, 0.717) is 6.17 Å². The van der Waals surface area contributed by atoms with Crippen molar-refractivity contribution in [1.29, 1.82) is 0 Å². The molecular weight excluding hydrogens is 186 g/mol. The molecule has 1 atom stereocenters. The molecule has 0 saturated carbocycles. The van der Waals surface area contributed by atoms with Gasteiger partial charge < -0.3 is 4.90 Å². The molecule has 2 aliphatic rings. The Morgan fingerprint density at radius 3 is 1.87 bits per heavy atom. The number of rotatable bonds is 2. The van der Waals surface area contributed by atoms with Gasteiger partial charge in [-0.25, -0.2) is 0 Å². The van der Waals surface area contributed by atoms with Crippen LogP contribution in [0.5, 0.6) is 0 Å². The summed E-state index contributed by atoms with van der Waals surface area (Å²) in [5.41, 5.74) is 0. The summed E-state index contributed by atoms with van der Waals surface area (Å²) in [5, 5.41) is 0. The van der Waals surface area contributed by atoms with Crippen LogP contribution < -0.4 is 0 Å². The monoisotopic (exact) mass is 211 g/mol. The zero-order valence-electron chi connectivity index (χ0n) is 10.3. The van der Waals surface area contributed by atoms with E-state index in [2.05, 4.69) is 28.7 Å². The molecular formula is C12H25N3. The van der Waals surface area contributed by atoms with Gasteiger partial charge in [-0.15, -0.1) is 0 Å². The lowest BCUT2D eigenvalue weighted by atomic mass is 10.1.